The van der Waals surface area contributed by atoms with Crippen molar-refractivity contribution in [3.05, 3.63) is 84.8 Å². The molecular weight excluding hydrogens is 346 g/mol. The van der Waals surface area contributed by atoms with E-state index >= 15 is 0 Å². The van der Waals surface area contributed by atoms with Crippen molar-refractivity contribution in [2.45, 2.75) is 11.8 Å². The lowest BCUT2D eigenvalue weighted by Gasteiger charge is -2.11. The van der Waals surface area contributed by atoms with Crippen LogP contribution in [0.5, 0.6) is 0 Å². The second-order valence-electron chi connectivity index (χ2n) is 6.04. The van der Waals surface area contributed by atoms with E-state index in [9.17, 15) is 8.42 Å². The highest BCUT2D eigenvalue weighted by atomic mass is 32.2. The van der Waals surface area contributed by atoms with Gasteiger partial charge in [0.1, 0.15) is 0 Å². The summed E-state index contributed by atoms with van der Waals surface area (Å²) in [5.74, 6) is 0. The molecule has 0 saturated heterocycles. The molecule has 0 aliphatic carbocycles. The predicted octanol–water partition coefficient (Wildman–Crippen LogP) is 4.13. The third-order valence-electron chi connectivity index (χ3n) is 4.25. The van der Waals surface area contributed by atoms with Crippen LogP contribution in [0.15, 0.2) is 84.1 Å². The van der Waals surface area contributed by atoms with Crippen LogP contribution < -0.4 is 4.72 Å². The first-order valence-corrected chi connectivity index (χ1v) is 9.63. The molecule has 0 saturated carbocycles. The van der Waals surface area contributed by atoms with Gasteiger partial charge in [-0.05, 0) is 55.0 Å². The van der Waals surface area contributed by atoms with Crippen LogP contribution in [0.4, 0.5) is 5.69 Å². The normalized spacial score (nSPS) is 11.6. The van der Waals surface area contributed by atoms with E-state index in [1.54, 1.807) is 43.6 Å². The smallest absolute Gasteiger partial charge is 0.262 e. The largest absolute Gasteiger partial charge is 0.315 e. The molecule has 0 aliphatic heterocycles. The zero-order valence-corrected chi connectivity index (χ0v) is 14.9. The molecule has 2 aromatic heterocycles. The van der Waals surface area contributed by atoms with E-state index in [0.717, 1.165) is 16.6 Å². The molecule has 0 unspecified atom stereocenters. The van der Waals surface area contributed by atoms with Crippen LogP contribution in [0, 0.1) is 6.92 Å². The van der Waals surface area contributed by atoms with E-state index < -0.39 is 10.0 Å². The molecule has 1 N–H and O–H groups in total. The topological polar surface area (TPSA) is 64.0 Å². The van der Waals surface area contributed by atoms with Crippen LogP contribution in [0.2, 0.25) is 0 Å². The van der Waals surface area contributed by atoms with Gasteiger partial charge >= 0.3 is 0 Å². The Morgan fingerprint density at radius 2 is 1.85 bits per heavy atom. The number of pyridine rings is 1. The summed E-state index contributed by atoms with van der Waals surface area (Å²) in [6.45, 7) is 1.78. The van der Waals surface area contributed by atoms with Gasteiger partial charge in [-0.3, -0.25) is 9.71 Å². The van der Waals surface area contributed by atoms with Crippen LogP contribution in [-0.4, -0.2) is 18.0 Å². The van der Waals surface area contributed by atoms with Crippen molar-refractivity contribution >= 4 is 26.6 Å². The maximum atomic E-state index is 12.7. The minimum absolute atomic E-state index is 0.285. The maximum absolute atomic E-state index is 12.7. The number of benzene rings is 2. The number of hydrogen-bond donors (Lipinski definition) is 1. The lowest BCUT2D eigenvalue weighted by atomic mass is 10.2. The zero-order chi connectivity index (χ0) is 18.1. The fraction of sp³-hybridized carbons (Fsp3) is 0.0500. The highest BCUT2D eigenvalue weighted by Gasteiger charge is 2.16. The first-order chi connectivity index (χ1) is 12.5. The van der Waals surface area contributed by atoms with Crippen LogP contribution in [-0.2, 0) is 10.0 Å². The third-order valence-corrected chi connectivity index (χ3v) is 5.79. The van der Waals surface area contributed by atoms with Crippen molar-refractivity contribution in [1.29, 1.82) is 0 Å². The minimum atomic E-state index is -3.62. The first kappa shape index (κ1) is 16.4. The highest BCUT2D eigenvalue weighted by molar-refractivity contribution is 7.92. The SMILES string of the molecule is Cc1ccccc1S(=O)(=O)Nc1ccc2c(ccn2-c2cccnc2)c1. The fourth-order valence-corrected chi connectivity index (χ4v) is 4.29. The van der Waals surface area contributed by atoms with E-state index in [2.05, 4.69) is 9.71 Å². The summed E-state index contributed by atoms with van der Waals surface area (Å²) in [6.07, 6.45) is 5.46. The van der Waals surface area contributed by atoms with Gasteiger partial charge in [-0.1, -0.05) is 18.2 Å². The van der Waals surface area contributed by atoms with Gasteiger partial charge < -0.3 is 4.57 Å². The van der Waals surface area contributed by atoms with Crippen molar-refractivity contribution in [3.63, 3.8) is 0 Å². The molecule has 4 aromatic rings. The minimum Gasteiger partial charge on any atom is -0.315 e. The summed E-state index contributed by atoms with van der Waals surface area (Å²) >= 11 is 0. The van der Waals surface area contributed by atoms with E-state index in [-0.39, 0.29) is 4.90 Å². The molecule has 0 radical (unpaired) electrons. The zero-order valence-electron chi connectivity index (χ0n) is 14.1. The Morgan fingerprint density at radius 1 is 1.00 bits per heavy atom. The van der Waals surface area contributed by atoms with Gasteiger partial charge in [0.25, 0.3) is 10.0 Å². The lowest BCUT2D eigenvalue weighted by Crippen LogP contribution is -2.14. The van der Waals surface area contributed by atoms with Gasteiger partial charge in [0.15, 0.2) is 0 Å². The Morgan fingerprint density at radius 3 is 2.62 bits per heavy atom. The molecule has 0 bridgehead atoms. The molecule has 0 spiro atoms. The highest BCUT2D eigenvalue weighted by Crippen LogP contribution is 2.25. The van der Waals surface area contributed by atoms with Crippen LogP contribution in [0.25, 0.3) is 16.6 Å². The average Bonchev–Trinajstić information content (AvgIpc) is 3.05. The Labute approximate surface area is 152 Å². The van der Waals surface area contributed by atoms with Gasteiger partial charge in [-0.25, -0.2) is 8.42 Å². The number of sulfonamides is 1. The van der Waals surface area contributed by atoms with Crippen molar-refractivity contribution < 1.29 is 8.42 Å². The molecule has 5 nitrogen and oxygen atoms in total. The quantitative estimate of drug-likeness (QED) is 0.593. The Hall–Kier alpha value is -3.12. The number of nitrogens with zero attached hydrogens (tertiary/aromatic N) is 2. The number of anilines is 1. The molecule has 6 heteroatoms. The van der Waals surface area contributed by atoms with Gasteiger partial charge in [0.05, 0.1) is 22.3 Å². The van der Waals surface area contributed by atoms with Crippen molar-refractivity contribution in [2.24, 2.45) is 0 Å². The number of rotatable bonds is 4. The fourth-order valence-electron chi connectivity index (χ4n) is 3.00. The second-order valence-corrected chi connectivity index (χ2v) is 7.69. The summed E-state index contributed by atoms with van der Waals surface area (Å²) in [4.78, 5) is 4.43. The summed E-state index contributed by atoms with van der Waals surface area (Å²) < 4.78 is 30.0. The number of nitrogens with one attached hydrogen (secondary N) is 1. The molecule has 0 amide bonds. The van der Waals surface area contributed by atoms with Crippen molar-refractivity contribution in [2.75, 3.05) is 4.72 Å². The Balaban J connectivity index is 1.70. The molecular formula is C20H17N3O2S. The monoisotopic (exact) mass is 363 g/mol. The first-order valence-electron chi connectivity index (χ1n) is 8.14. The van der Waals surface area contributed by atoms with Crippen molar-refractivity contribution in [1.82, 2.24) is 9.55 Å². The van der Waals surface area contributed by atoms with Gasteiger partial charge in [0.2, 0.25) is 0 Å². The number of hydrogen-bond acceptors (Lipinski definition) is 3. The Bertz CT molecular complexity index is 1180. The molecule has 0 fully saturated rings. The van der Waals surface area contributed by atoms with E-state index in [0.29, 0.717) is 11.3 Å². The molecule has 2 aromatic carbocycles. The Kier molecular flexibility index (Phi) is 3.97. The predicted molar refractivity (Wildman–Crippen MR) is 103 cm³/mol. The second kappa shape index (κ2) is 6.31. The number of aromatic nitrogens is 2. The number of aryl methyl sites for hydroxylation is 1. The average molecular weight is 363 g/mol. The molecule has 2 heterocycles. The maximum Gasteiger partial charge on any atom is 0.262 e. The van der Waals surface area contributed by atoms with Gasteiger partial charge in [-0.15, -0.1) is 0 Å². The summed E-state index contributed by atoms with van der Waals surface area (Å²) in [7, 11) is -3.62. The van der Waals surface area contributed by atoms with E-state index in [1.165, 1.54) is 0 Å². The van der Waals surface area contributed by atoms with E-state index in [1.807, 2.05) is 47.2 Å². The number of fused-ring (bicyclic) bond motifs is 1. The standard InChI is InChI=1S/C20H17N3O2S/c1-15-5-2-3-7-20(15)26(24,25)22-17-8-9-19-16(13-17)10-12-23(19)18-6-4-11-21-14-18/h2-14,22H,1H3. The lowest BCUT2D eigenvalue weighted by molar-refractivity contribution is 0.600. The summed E-state index contributed by atoms with van der Waals surface area (Å²) in [5, 5.41) is 0.943. The summed E-state index contributed by atoms with van der Waals surface area (Å²) in [5.41, 5.74) is 3.18. The molecule has 0 aliphatic rings. The van der Waals surface area contributed by atoms with Crippen LogP contribution in [0.3, 0.4) is 0 Å². The summed E-state index contributed by atoms with van der Waals surface area (Å²) in [6, 6.07) is 18.2. The molecule has 0 atom stereocenters. The molecule has 4 rings (SSSR count). The van der Waals surface area contributed by atoms with Crippen LogP contribution >= 0.6 is 0 Å². The van der Waals surface area contributed by atoms with Crippen LogP contribution in [0.1, 0.15) is 5.56 Å². The van der Waals surface area contributed by atoms with Crippen molar-refractivity contribution in [3.8, 4) is 5.69 Å². The molecule has 26 heavy (non-hydrogen) atoms. The molecule has 130 valence electrons. The van der Waals surface area contributed by atoms with E-state index in [4.69, 9.17) is 0 Å². The van der Waals surface area contributed by atoms with Gasteiger partial charge in [0, 0.05) is 23.5 Å². The third kappa shape index (κ3) is 2.95. The van der Waals surface area contributed by atoms with Gasteiger partial charge in [-0.2, -0.15) is 0 Å².